The predicted molar refractivity (Wildman–Crippen MR) is 72.2 cm³/mol. The van der Waals surface area contributed by atoms with Gasteiger partial charge in [-0.15, -0.1) is 0 Å². The van der Waals surface area contributed by atoms with E-state index in [9.17, 15) is 0 Å². The molecule has 0 amide bonds. The van der Waals surface area contributed by atoms with Gasteiger partial charge in [0.1, 0.15) is 0 Å². The van der Waals surface area contributed by atoms with Crippen molar-refractivity contribution < 1.29 is 14.2 Å². The zero-order chi connectivity index (χ0) is 13.8. The minimum Gasteiger partial charge on any atom is -0.493 e. The molecule has 0 saturated heterocycles. The highest BCUT2D eigenvalue weighted by Gasteiger charge is 2.17. The van der Waals surface area contributed by atoms with Crippen LogP contribution in [0.3, 0.4) is 0 Å². The lowest BCUT2D eigenvalue weighted by molar-refractivity contribution is 0.183. The van der Waals surface area contributed by atoms with E-state index in [1.165, 1.54) is 0 Å². The molecule has 4 nitrogen and oxygen atoms in total. The predicted octanol–water partition coefficient (Wildman–Crippen LogP) is 2.13. The van der Waals surface area contributed by atoms with Gasteiger partial charge in [-0.05, 0) is 43.5 Å². The molecule has 18 heavy (non-hydrogen) atoms. The first-order chi connectivity index (χ1) is 8.41. The van der Waals surface area contributed by atoms with E-state index in [0.717, 1.165) is 23.3 Å². The van der Waals surface area contributed by atoms with Crippen LogP contribution in [0.15, 0.2) is 12.1 Å². The largest absolute Gasteiger partial charge is 0.493 e. The lowest BCUT2D eigenvalue weighted by atomic mass is 9.92. The number of rotatable bonds is 6. The summed E-state index contributed by atoms with van der Waals surface area (Å²) in [5, 5.41) is 0. The second-order valence-corrected chi connectivity index (χ2v) is 5.07. The van der Waals surface area contributed by atoms with Crippen molar-refractivity contribution in [1.82, 2.24) is 0 Å². The highest BCUT2D eigenvalue weighted by atomic mass is 16.5. The molecule has 4 heteroatoms. The van der Waals surface area contributed by atoms with Gasteiger partial charge >= 0.3 is 0 Å². The summed E-state index contributed by atoms with van der Waals surface area (Å²) in [6, 6.07) is 3.92. The molecule has 0 aliphatic heterocycles. The van der Waals surface area contributed by atoms with Gasteiger partial charge in [0.15, 0.2) is 11.5 Å². The molecule has 2 N–H and O–H groups in total. The number of nitrogens with two attached hydrogens (primary N) is 1. The molecule has 0 aliphatic carbocycles. The van der Waals surface area contributed by atoms with E-state index in [-0.39, 0.29) is 5.54 Å². The molecule has 1 aromatic rings. The monoisotopic (exact) mass is 253 g/mol. The molecule has 1 rings (SSSR count). The topological polar surface area (TPSA) is 53.7 Å². The second-order valence-electron chi connectivity index (χ2n) is 5.07. The molecular weight excluding hydrogens is 230 g/mol. The quantitative estimate of drug-likeness (QED) is 0.844. The van der Waals surface area contributed by atoms with Crippen LogP contribution in [0.4, 0.5) is 0 Å². The third kappa shape index (κ3) is 3.89. The van der Waals surface area contributed by atoms with Gasteiger partial charge in [-0.25, -0.2) is 0 Å². The Morgan fingerprint density at radius 3 is 1.89 bits per heavy atom. The summed E-state index contributed by atoms with van der Waals surface area (Å²) in [6.45, 7) is 4.53. The van der Waals surface area contributed by atoms with E-state index < -0.39 is 0 Å². The van der Waals surface area contributed by atoms with Gasteiger partial charge in [0, 0.05) is 12.6 Å². The Morgan fingerprint density at radius 2 is 1.50 bits per heavy atom. The van der Waals surface area contributed by atoms with Crippen LogP contribution in [-0.2, 0) is 17.8 Å². The van der Waals surface area contributed by atoms with E-state index >= 15 is 0 Å². The molecular formula is C14H23NO3. The summed E-state index contributed by atoms with van der Waals surface area (Å²) in [4.78, 5) is 0. The molecule has 0 atom stereocenters. The second kappa shape index (κ2) is 6.07. The lowest BCUT2D eigenvalue weighted by Gasteiger charge is -2.22. The minimum atomic E-state index is -0.276. The van der Waals surface area contributed by atoms with Crippen LogP contribution in [0.2, 0.25) is 0 Å². The van der Waals surface area contributed by atoms with Crippen molar-refractivity contribution in [1.29, 1.82) is 0 Å². The van der Waals surface area contributed by atoms with Gasteiger partial charge in [-0.3, -0.25) is 0 Å². The fourth-order valence-electron chi connectivity index (χ4n) is 1.91. The van der Waals surface area contributed by atoms with Gasteiger partial charge in [0.2, 0.25) is 0 Å². The molecule has 0 aliphatic rings. The van der Waals surface area contributed by atoms with Gasteiger partial charge in [0.25, 0.3) is 0 Å². The Morgan fingerprint density at radius 1 is 1.00 bits per heavy atom. The zero-order valence-electron chi connectivity index (χ0n) is 11.9. The van der Waals surface area contributed by atoms with Crippen molar-refractivity contribution >= 4 is 0 Å². The van der Waals surface area contributed by atoms with Crippen molar-refractivity contribution in [3.05, 3.63) is 23.3 Å². The van der Waals surface area contributed by atoms with Crippen molar-refractivity contribution in [3.63, 3.8) is 0 Å². The standard InChI is InChI=1S/C14H23NO3/c1-14(2,15)8-10-6-12(17-4)13(18-5)7-11(10)9-16-3/h6-7H,8-9,15H2,1-5H3. The van der Waals surface area contributed by atoms with Gasteiger partial charge in [-0.1, -0.05) is 0 Å². The zero-order valence-corrected chi connectivity index (χ0v) is 11.9. The smallest absolute Gasteiger partial charge is 0.161 e. The maximum atomic E-state index is 6.08. The van der Waals surface area contributed by atoms with Crippen molar-refractivity contribution in [2.45, 2.75) is 32.4 Å². The Balaban J connectivity index is 3.19. The number of hydrogen-bond acceptors (Lipinski definition) is 4. The molecule has 0 radical (unpaired) electrons. The van der Waals surface area contributed by atoms with Crippen LogP contribution < -0.4 is 15.2 Å². The Kier molecular flexibility index (Phi) is 4.99. The summed E-state index contributed by atoms with van der Waals surface area (Å²) >= 11 is 0. The maximum absolute atomic E-state index is 6.08. The average Bonchev–Trinajstić information content (AvgIpc) is 2.29. The molecule has 0 spiro atoms. The van der Waals surface area contributed by atoms with Crippen LogP contribution in [0, 0.1) is 0 Å². The van der Waals surface area contributed by atoms with E-state index in [1.54, 1.807) is 21.3 Å². The summed E-state index contributed by atoms with van der Waals surface area (Å²) in [5.74, 6) is 1.43. The molecule has 0 aromatic heterocycles. The Bertz CT molecular complexity index is 397. The maximum Gasteiger partial charge on any atom is 0.161 e. The van der Waals surface area contributed by atoms with Gasteiger partial charge in [0.05, 0.1) is 20.8 Å². The molecule has 0 saturated carbocycles. The number of benzene rings is 1. The van der Waals surface area contributed by atoms with Crippen LogP contribution in [0.5, 0.6) is 11.5 Å². The summed E-state index contributed by atoms with van der Waals surface area (Å²) in [5.41, 5.74) is 8.01. The Labute approximate surface area is 109 Å². The van der Waals surface area contributed by atoms with Crippen molar-refractivity contribution in [3.8, 4) is 11.5 Å². The van der Waals surface area contributed by atoms with Crippen LogP contribution in [-0.4, -0.2) is 26.9 Å². The third-order valence-corrected chi connectivity index (χ3v) is 2.65. The summed E-state index contributed by atoms with van der Waals surface area (Å²) in [6.07, 6.45) is 0.756. The van der Waals surface area contributed by atoms with Gasteiger partial charge in [-0.2, -0.15) is 0 Å². The first-order valence-corrected chi connectivity index (χ1v) is 5.93. The van der Waals surface area contributed by atoms with E-state index in [1.807, 2.05) is 26.0 Å². The normalized spacial score (nSPS) is 11.4. The van der Waals surface area contributed by atoms with Crippen molar-refractivity contribution in [2.75, 3.05) is 21.3 Å². The third-order valence-electron chi connectivity index (χ3n) is 2.65. The fraction of sp³-hybridized carbons (Fsp3) is 0.571. The van der Waals surface area contributed by atoms with Gasteiger partial charge < -0.3 is 19.9 Å². The van der Waals surface area contributed by atoms with Crippen LogP contribution in [0.1, 0.15) is 25.0 Å². The number of hydrogen-bond donors (Lipinski definition) is 1. The first kappa shape index (κ1) is 14.8. The average molecular weight is 253 g/mol. The summed E-state index contributed by atoms with van der Waals surface area (Å²) in [7, 11) is 4.93. The highest BCUT2D eigenvalue weighted by molar-refractivity contribution is 5.47. The molecule has 102 valence electrons. The SMILES string of the molecule is COCc1cc(OC)c(OC)cc1CC(C)(C)N. The molecule has 0 fully saturated rings. The molecule has 1 aromatic carbocycles. The lowest BCUT2D eigenvalue weighted by Crippen LogP contribution is -2.34. The molecule has 0 unspecified atom stereocenters. The van der Waals surface area contributed by atoms with Crippen LogP contribution >= 0.6 is 0 Å². The van der Waals surface area contributed by atoms with Crippen molar-refractivity contribution in [2.24, 2.45) is 5.73 Å². The highest BCUT2D eigenvalue weighted by Crippen LogP contribution is 2.32. The first-order valence-electron chi connectivity index (χ1n) is 5.93. The van der Waals surface area contributed by atoms with Crippen LogP contribution in [0.25, 0.3) is 0 Å². The number of methoxy groups -OCH3 is 3. The van der Waals surface area contributed by atoms with E-state index in [4.69, 9.17) is 19.9 Å². The molecule has 0 heterocycles. The number of ether oxygens (including phenoxy) is 3. The fourth-order valence-corrected chi connectivity index (χ4v) is 1.91. The molecule has 0 bridgehead atoms. The summed E-state index contributed by atoms with van der Waals surface area (Å²) < 4.78 is 15.8. The Hall–Kier alpha value is -1.26. The van der Waals surface area contributed by atoms with E-state index in [0.29, 0.717) is 12.4 Å². The van der Waals surface area contributed by atoms with E-state index in [2.05, 4.69) is 0 Å². The minimum absolute atomic E-state index is 0.276.